The van der Waals surface area contributed by atoms with E-state index in [1.54, 1.807) is 0 Å². The van der Waals surface area contributed by atoms with Crippen LogP contribution in [0.25, 0.3) is 21.5 Å². The van der Waals surface area contributed by atoms with Gasteiger partial charge in [-0.3, -0.25) is 0 Å². The highest BCUT2D eigenvalue weighted by Crippen LogP contribution is 2.40. The van der Waals surface area contributed by atoms with Crippen LogP contribution in [-0.4, -0.2) is 6.61 Å². The molecule has 0 radical (unpaired) electrons. The molecule has 1 heterocycles. The maximum Gasteiger partial charge on any atom is 0.107 e. The Morgan fingerprint density at radius 2 is 1.78 bits per heavy atom. The molecule has 0 aliphatic carbocycles. The van der Waals surface area contributed by atoms with Crippen LogP contribution >= 0.6 is 15.9 Å². The van der Waals surface area contributed by atoms with Crippen LogP contribution in [-0.2, 0) is 4.74 Å². The van der Waals surface area contributed by atoms with Gasteiger partial charge < -0.3 is 4.74 Å². The molecule has 18 heavy (non-hydrogen) atoms. The number of ether oxygens (including phenoxy) is 1. The van der Waals surface area contributed by atoms with Crippen molar-refractivity contribution in [2.75, 3.05) is 6.61 Å². The van der Waals surface area contributed by atoms with Crippen molar-refractivity contribution in [2.45, 2.75) is 6.10 Å². The predicted molar refractivity (Wildman–Crippen MR) is 77.8 cm³/mol. The molecule has 1 atom stereocenters. The number of epoxide rings is 1. The van der Waals surface area contributed by atoms with Crippen LogP contribution in [0.3, 0.4) is 0 Å². The first-order chi connectivity index (χ1) is 8.84. The molecule has 3 aromatic carbocycles. The summed E-state index contributed by atoms with van der Waals surface area (Å²) in [6, 6.07) is 17.2. The summed E-state index contributed by atoms with van der Waals surface area (Å²) in [5.41, 5.74) is 1.30. The van der Waals surface area contributed by atoms with Gasteiger partial charge in [-0.05, 0) is 27.8 Å². The van der Waals surface area contributed by atoms with Crippen LogP contribution in [0.4, 0.5) is 0 Å². The highest BCUT2D eigenvalue weighted by molar-refractivity contribution is 9.10. The van der Waals surface area contributed by atoms with Gasteiger partial charge in [-0.25, -0.2) is 0 Å². The normalized spacial score (nSPS) is 18.4. The number of fused-ring (bicyclic) bond motifs is 3. The van der Waals surface area contributed by atoms with Crippen LogP contribution in [0.1, 0.15) is 11.7 Å². The second kappa shape index (κ2) is 3.81. The van der Waals surface area contributed by atoms with Crippen molar-refractivity contribution in [3.63, 3.8) is 0 Å². The Bertz CT molecular complexity index is 759. The third kappa shape index (κ3) is 1.49. The van der Waals surface area contributed by atoms with Crippen LogP contribution in [0.15, 0.2) is 53.0 Å². The van der Waals surface area contributed by atoms with Crippen molar-refractivity contribution in [1.82, 2.24) is 0 Å². The molecular weight excluding hydrogens is 288 g/mol. The zero-order valence-corrected chi connectivity index (χ0v) is 11.3. The fourth-order valence-electron chi connectivity index (χ4n) is 2.63. The maximum atomic E-state index is 5.45. The van der Waals surface area contributed by atoms with Gasteiger partial charge in [-0.2, -0.15) is 0 Å². The Balaban J connectivity index is 2.21. The van der Waals surface area contributed by atoms with Crippen molar-refractivity contribution < 1.29 is 4.74 Å². The Hall–Kier alpha value is -1.38. The molecule has 1 aliphatic rings. The van der Waals surface area contributed by atoms with E-state index in [9.17, 15) is 0 Å². The molecule has 1 saturated heterocycles. The summed E-state index contributed by atoms with van der Waals surface area (Å²) in [4.78, 5) is 0. The van der Waals surface area contributed by atoms with E-state index in [0.29, 0.717) is 0 Å². The van der Waals surface area contributed by atoms with Gasteiger partial charge in [-0.1, -0.05) is 58.4 Å². The van der Waals surface area contributed by atoms with Crippen molar-refractivity contribution >= 4 is 37.5 Å². The van der Waals surface area contributed by atoms with E-state index in [1.165, 1.54) is 27.1 Å². The van der Waals surface area contributed by atoms with E-state index in [2.05, 4.69) is 64.5 Å². The first-order valence-electron chi connectivity index (χ1n) is 6.06. The molecule has 0 amide bonds. The van der Waals surface area contributed by atoms with Crippen LogP contribution in [0, 0.1) is 0 Å². The van der Waals surface area contributed by atoms with Crippen molar-refractivity contribution in [1.29, 1.82) is 0 Å². The fraction of sp³-hybridized carbons (Fsp3) is 0.125. The minimum atomic E-state index is 0.283. The standard InChI is InChI=1S/C16H11BrO/c17-14-8-10-4-1-2-5-11(10)12-6-3-7-13(16(12)14)15-9-18-15/h1-8,15H,9H2/t15-/m0/s1. The Kier molecular flexibility index (Phi) is 2.23. The summed E-state index contributed by atoms with van der Waals surface area (Å²) in [5.74, 6) is 0. The lowest BCUT2D eigenvalue weighted by atomic mass is 9.97. The summed E-state index contributed by atoms with van der Waals surface area (Å²) >= 11 is 3.71. The van der Waals surface area contributed by atoms with E-state index in [-0.39, 0.29) is 6.10 Å². The molecule has 1 aliphatic heterocycles. The average Bonchev–Trinajstić information content (AvgIpc) is 3.22. The van der Waals surface area contributed by atoms with Gasteiger partial charge in [0, 0.05) is 9.86 Å². The molecule has 0 N–H and O–H groups in total. The third-order valence-electron chi connectivity index (χ3n) is 3.55. The average molecular weight is 299 g/mol. The van der Waals surface area contributed by atoms with E-state index in [1.807, 2.05) is 0 Å². The van der Waals surface area contributed by atoms with E-state index < -0.39 is 0 Å². The molecule has 0 unspecified atom stereocenters. The highest BCUT2D eigenvalue weighted by atomic mass is 79.9. The molecule has 1 fully saturated rings. The number of benzene rings is 3. The molecule has 4 rings (SSSR count). The van der Waals surface area contributed by atoms with E-state index in [4.69, 9.17) is 4.74 Å². The number of rotatable bonds is 1. The second-order valence-corrected chi connectivity index (χ2v) is 5.53. The van der Waals surface area contributed by atoms with E-state index in [0.717, 1.165) is 11.1 Å². The minimum Gasteiger partial charge on any atom is -0.368 e. The van der Waals surface area contributed by atoms with Crippen LogP contribution in [0.2, 0.25) is 0 Å². The third-order valence-corrected chi connectivity index (χ3v) is 4.17. The van der Waals surface area contributed by atoms with Gasteiger partial charge in [0.15, 0.2) is 0 Å². The predicted octanol–water partition coefficient (Wildman–Crippen LogP) is 4.83. The molecule has 0 aromatic heterocycles. The fourth-order valence-corrected chi connectivity index (χ4v) is 3.32. The SMILES string of the molecule is Brc1cc2ccccc2c2cccc([C@@H]3CO3)c12. The number of halogens is 1. The summed E-state index contributed by atoms with van der Waals surface area (Å²) in [6.07, 6.45) is 0.283. The molecule has 0 saturated carbocycles. The van der Waals surface area contributed by atoms with Crippen molar-refractivity contribution in [3.8, 4) is 0 Å². The zero-order valence-electron chi connectivity index (χ0n) is 9.69. The first kappa shape index (κ1) is 10.5. The lowest BCUT2D eigenvalue weighted by molar-refractivity contribution is 0.417. The highest BCUT2D eigenvalue weighted by Gasteiger charge is 2.27. The quantitative estimate of drug-likeness (QED) is 0.463. The molecule has 88 valence electrons. The van der Waals surface area contributed by atoms with Gasteiger partial charge in [0.05, 0.1) is 6.61 Å². The molecule has 2 heteroatoms. The lowest BCUT2D eigenvalue weighted by Crippen LogP contribution is -1.87. The molecular formula is C16H11BrO. The molecule has 0 spiro atoms. The first-order valence-corrected chi connectivity index (χ1v) is 6.85. The molecule has 0 bridgehead atoms. The van der Waals surface area contributed by atoms with Crippen LogP contribution < -0.4 is 0 Å². The van der Waals surface area contributed by atoms with Gasteiger partial charge >= 0.3 is 0 Å². The van der Waals surface area contributed by atoms with Crippen molar-refractivity contribution in [2.24, 2.45) is 0 Å². The zero-order chi connectivity index (χ0) is 12.1. The Morgan fingerprint density at radius 1 is 1.00 bits per heavy atom. The smallest absolute Gasteiger partial charge is 0.107 e. The lowest BCUT2D eigenvalue weighted by Gasteiger charge is -2.10. The van der Waals surface area contributed by atoms with Gasteiger partial charge in [0.25, 0.3) is 0 Å². The monoisotopic (exact) mass is 298 g/mol. The van der Waals surface area contributed by atoms with Gasteiger partial charge in [0.2, 0.25) is 0 Å². The molecule has 3 aromatic rings. The largest absolute Gasteiger partial charge is 0.368 e. The van der Waals surface area contributed by atoms with E-state index >= 15 is 0 Å². The van der Waals surface area contributed by atoms with Gasteiger partial charge in [0.1, 0.15) is 6.10 Å². The van der Waals surface area contributed by atoms with Crippen molar-refractivity contribution in [3.05, 3.63) is 58.6 Å². The van der Waals surface area contributed by atoms with Gasteiger partial charge in [-0.15, -0.1) is 0 Å². The summed E-state index contributed by atoms with van der Waals surface area (Å²) in [7, 11) is 0. The number of hydrogen-bond donors (Lipinski definition) is 0. The second-order valence-electron chi connectivity index (χ2n) is 4.67. The Morgan fingerprint density at radius 3 is 2.61 bits per heavy atom. The summed E-state index contributed by atoms with van der Waals surface area (Å²) in [5, 5.41) is 5.16. The topological polar surface area (TPSA) is 12.5 Å². The minimum absolute atomic E-state index is 0.283. The Labute approximate surface area is 113 Å². The summed E-state index contributed by atoms with van der Waals surface area (Å²) in [6.45, 7) is 0.846. The summed E-state index contributed by atoms with van der Waals surface area (Å²) < 4.78 is 6.60. The maximum absolute atomic E-state index is 5.45. The number of hydrogen-bond acceptors (Lipinski definition) is 1. The van der Waals surface area contributed by atoms with Crippen LogP contribution in [0.5, 0.6) is 0 Å². The molecule has 1 nitrogen and oxygen atoms in total.